The number of hydrogen-bond donors (Lipinski definition) is 2. The monoisotopic (exact) mass is 421 g/mol. The van der Waals surface area contributed by atoms with Crippen LogP contribution in [0.2, 0.25) is 0 Å². The Hall–Kier alpha value is -3.32. The van der Waals surface area contributed by atoms with Gasteiger partial charge in [0.05, 0.1) is 10.6 Å². The molecular weight excluding hydrogens is 398 g/mol. The van der Waals surface area contributed by atoms with Crippen molar-refractivity contribution in [3.63, 3.8) is 0 Å². The minimum Gasteiger partial charge on any atom is -0.308 e. The van der Waals surface area contributed by atoms with E-state index in [9.17, 15) is 13.2 Å². The largest absolute Gasteiger partial charge is 0.323 e. The van der Waals surface area contributed by atoms with Gasteiger partial charge in [-0.05, 0) is 61.7 Å². The van der Waals surface area contributed by atoms with Crippen LogP contribution in [0.5, 0.6) is 0 Å². The van der Waals surface area contributed by atoms with E-state index in [1.165, 1.54) is 4.31 Å². The Morgan fingerprint density at radius 2 is 1.67 bits per heavy atom. The molecule has 0 spiro atoms. The van der Waals surface area contributed by atoms with Crippen molar-refractivity contribution in [1.82, 2.24) is 0 Å². The van der Waals surface area contributed by atoms with Gasteiger partial charge in [-0.1, -0.05) is 42.0 Å². The number of benzene rings is 3. The van der Waals surface area contributed by atoms with Gasteiger partial charge in [0.1, 0.15) is 0 Å². The molecule has 0 saturated heterocycles. The second-order valence-corrected chi connectivity index (χ2v) is 9.24. The third-order valence-electron chi connectivity index (χ3n) is 5.20. The molecule has 1 heterocycles. The lowest BCUT2D eigenvalue weighted by Gasteiger charge is -2.20. The molecule has 6 nitrogen and oxygen atoms in total. The van der Waals surface area contributed by atoms with Crippen LogP contribution in [0, 0.1) is 13.8 Å². The van der Waals surface area contributed by atoms with E-state index in [-0.39, 0.29) is 10.9 Å². The first-order valence-electron chi connectivity index (χ1n) is 9.70. The van der Waals surface area contributed by atoms with Crippen molar-refractivity contribution >= 4 is 33.1 Å². The molecule has 0 fully saturated rings. The van der Waals surface area contributed by atoms with Gasteiger partial charge in [-0.15, -0.1) is 0 Å². The van der Waals surface area contributed by atoms with Gasteiger partial charge < -0.3 is 10.6 Å². The van der Waals surface area contributed by atoms with Gasteiger partial charge >= 0.3 is 6.03 Å². The summed E-state index contributed by atoms with van der Waals surface area (Å²) >= 11 is 0. The van der Waals surface area contributed by atoms with Crippen molar-refractivity contribution in [1.29, 1.82) is 0 Å². The van der Waals surface area contributed by atoms with E-state index in [2.05, 4.69) is 10.6 Å². The van der Waals surface area contributed by atoms with Crippen LogP contribution in [-0.4, -0.2) is 21.0 Å². The van der Waals surface area contributed by atoms with E-state index < -0.39 is 10.0 Å². The first-order valence-corrected chi connectivity index (χ1v) is 11.1. The lowest BCUT2D eigenvalue weighted by Crippen LogP contribution is -2.29. The van der Waals surface area contributed by atoms with Crippen molar-refractivity contribution in [2.45, 2.75) is 25.2 Å². The molecule has 0 atom stereocenters. The second kappa shape index (κ2) is 7.84. The normalized spacial score (nSPS) is 13.1. The van der Waals surface area contributed by atoms with E-state index in [1.54, 1.807) is 36.4 Å². The van der Waals surface area contributed by atoms with Crippen LogP contribution in [0.3, 0.4) is 0 Å². The molecule has 30 heavy (non-hydrogen) atoms. The molecule has 0 aliphatic carbocycles. The van der Waals surface area contributed by atoms with E-state index in [0.29, 0.717) is 24.3 Å². The number of amides is 2. The molecule has 4 rings (SSSR count). The predicted molar refractivity (Wildman–Crippen MR) is 120 cm³/mol. The average molecular weight is 422 g/mol. The number of anilines is 3. The van der Waals surface area contributed by atoms with Crippen LogP contribution >= 0.6 is 0 Å². The highest BCUT2D eigenvalue weighted by Gasteiger charge is 2.31. The van der Waals surface area contributed by atoms with Crippen molar-refractivity contribution in [2.75, 3.05) is 21.5 Å². The standard InChI is InChI=1S/C23H23N3O3S/c1-16-7-11-20(12-8-16)30(28,29)26-14-13-18-9-10-19(15-22(18)26)24-23(27)25-21-6-4-3-5-17(21)2/h3-12,15H,13-14H2,1-2H3,(H2,24,25,27). The Morgan fingerprint density at radius 1 is 0.933 bits per heavy atom. The highest BCUT2D eigenvalue weighted by molar-refractivity contribution is 7.92. The van der Waals surface area contributed by atoms with Crippen molar-refractivity contribution < 1.29 is 13.2 Å². The molecule has 0 bridgehead atoms. The summed E-state index contributed by atoms with van der Waals surface area (Å²) in [6.45, 7) is 4.21. The van der Waals surface area contributed by atoms with Crippen molar-refractivity contribution in [2.24, 2.45) is 0 Å². The maximum Gasteiger partial charge on any atom is 0.323 e. The number of nitrogens with zero attached hydrogens (tertiary/aromatic N) is 1. The Kier molecular flexibility index (Phi) is 5.22. The SMILES string of the molecule is Cc1ccc(S(=O)(=O)N2CCc3ccc(NC(=O)Nc4ccccc4C)cc32)cc1. The van der Waals surface area contributed by atoms with E-state index in [4.69, 9.17) is 0 Å². The summed E-state index contributed by atoms with van der Waals surface area (Å²) in [6.07, 6.45) is 0.635. The molecule has 0 aromatic heterocycles. The summed E-state index contributed by atoms with van der Waals surface area (Å²) < 4.78 is 27.7. The fourth-order valence-electron chi connectivity index (χ4n) is 3.51. The van der Waals surface area contributed by atoms with Gasteiger partial charge in [-0.2, -0.15) is 0 Å². The summed E-state index contributed by atoms with van der Waals surface area (Å²) in [5.41, 5.74) is 4.75. The number of nitrogens with one attached hydrogen (secondary N) is 2. The number of sulfonamides is 1. The minimum absolute atomic E-state index is 0.261. The Morgan fingerprint density at radius 3 is 2.40 bits per heavy atom. The van der Waals surface area contributed by atoms with Crippen molar-refractivity contribution in [3.8, 4) is 0 Å². The number of hydrogen-bond acceptors (Lipinski definition) is 3. The summed E-state index contributed by atoms with van der Waals surface area (Å²) in [7, 11) is -3.66. The third-order valence-corrected chi connectivity index (χ3v) is 7.03. The van der Waals surface area contributed by atoms with Crippen LogP contribution in [-0.2, 0) is 16.4 Å². The molecule has 7 heteroatoms. The predicted octanol–water partition coefficient (Wildman–Crippen LogP) is 4.70. The zero-order valence-corrected chi connectivity index (χ0v) is 17.7. The van der Waals surface area contributed by atoms with Gasteiger partial charge in [0, 0.05) is 17.9 Å². The molecule has 154 valence electrons. The third kappa shape index (κ3) is 3.89. The van der Waals surface area contributed by atoms with E-state index in [1.807, 2.05) is 44.2 Å². The molecule has 3 aromatic carbocycles. The maximum atomic E-state index is 13.1. The smallest absolute Gasteiger partial charge is 0.308 e. The Bertz CT molecular complexity index is 1200. The highest BCUT2D eigenvalue weighted by atomic mass is 32.2. The molecule has 0 unspecified atom stereocenters. The second-order valence-electron chi connectivity index (χ2n) is 7.38. The van der Waals surface area contributed by atoms with Crippen molar-refractivity contribution in [3.05, 3.63) is 83.4 Å². The highest BCUT2D eigenvalue weighted by Crippen LogP contribution is 2.35. The number of rotatable bonds is 4. The van der Waals surface area contributed by atoms with E-state index >= 15 is 0 Å². The quantitative estimate of drug-likeness (QED) is 0.641. The zero-order valence-electron chi connectivity index (χ0n) is 16.8. The summed E-state index contributed by atoms with van der Waals surface area (Å²) in [5.74, 6) is 0. The molecule has 0 saturated carbocycles. The average Bonchev–Trinajstić information content (AvgIpc) is 3.14. The fraction of sp³-hybridized carbons (Fsp3) is 0.174. The van der Waals surface area contributed by atoms with Crippen LogP contribution in [0.4, 0.5) is 21.9 Å². The lowest BCUT2D eigenvalue weighted by atomic mass is 10.1. The molecule has 2 N–H and O–H groups in total. The number of aryl methyl sites for hydroxylation is 2. The molecule has 1 aliphatic heterocycles. The lowest BCUT2D eigenvalue weighted by molar-refractivity contribution is 0.262. The Labute approximate surface area is 176 Å². The summed E-state index contributed by atoms with van der Waals surface area (Å²) in [5, 5.41) is 5.61. The number of carbonyl (C=O) groups is 1. The molecule has 3 aromatic rings. The molecule has 0 radical (unpaired) electrons. The molecule has 2 amide bonds. The van der Waals surface area contributed by atoms with Gasteiger partial charge in [-0.25, -0.2) is 13.2 Å². The Balaban J connectivity index is 1.56. The molecular formula is C23H23N3O3S. The van der Waals surface area contributed by atoms with Gasteiger partial charge in [-0.3, -0.25) is 4.31 Å². The fourth-order valence-corrected chi connectivity index (χ4v) is 5.01. The zero-order chi connectivity index (χ0) is 21.3. The number of urea groups is 1. The van der Waals surface area contributed by atoms with Gasteiger partial charge in [0.2, 0.25) is 0 Å². The first kappa shape index (κ1) is 20.0. The summed E-state index contributed by atoms with van der Waals surface area (Å²) in [6, 6.07) is 19.3. The van der Waals surface area contributed by atoms with E-state index in [0.717, 1.165) is 22.4 Å². The molecule has 1 aliphatic rings. The number of fused-ring (bicyclic) bond motifs is 1. The van der Waals surface area contributed by atoms with Crippen LogP contribution in [0.15, 0.2) is 71.6 Å². The number of carbonyl (C=O) groups excluding carboxylic acids is 1. The maximum absolute atomic E-state index is 13.1. The van der Waals surface area contributed by atoms with Gasteiger partial charge in [0.15, 0.2) is 0 Å². The van der Waals surface area contributed by atoms with Crippen LogP contribution in [0.25, 0.3) is 0 Å². The first-order chi connectivity index (χ1) is 14.3. The number of para-hydroxylation sites is 1. The van der Waals surface area contributed by atoms with Crippen LogP contribution < -0.4 is 14.9 Å². The van der Waals surface area contributed by atoms with Gasteiger partial charge in [0.25, 0.3) is 10.0 Å². The van der Waals surface area contributed by atoms with Crippen LogP contribution in [0.1, 0.15) is 16.7 Å². The summed E-state index contributed by atoms with van der Waals surface area (Å²) in [4.78, 5) is 12.7. The minimum atomic E-state index is -3.66. The topological polar surface area (TPSA) is 78.5 Å².